The molecule has 4 rings (SSSR count). The van der Waals surface area contributed by atoms with Crippen molar-refractivity contribution in [3.63, 3.8) is 0 Å². The van der Waals surface area contributed by atoms with Gasteiger partial charge in [0.2, 0.25) is 10.8 Å². The van der Waals surface area contributed by atoms with Crippen LogP contribution < -0.4 is 0 Å². The molecule has 0 aliphatic carbocycles. The summed E-state index contributed by atoms with van der Waals surface area (Å²) in [5.74, 6) is -1.47. The van der Waals surface area contributed by atoms with Crippen molar-refractivity contribution >= 4 is 23.3 Å². The molecule has 0 aromatic carbocycles. The van der Waals surface area contributed by atoms with Crippen molar-refractivity contribution < 1.29 is 14.3 Å². The molecule has 9 heteroatoms. The summed E-state index contributed by atoms with van der Waals surface area (Å²) in [7, 11) is 2.05. The molecule has 0 radical (unpaired) electrons. The molecule has 0 bridgehead atoms. The van der Waals surface area contributed by atoms with Crippen molar-refractivity contribution in [3.8, 4) is 5.13 Å². The lowest BCUT2D eigenvalue weighted by Crippen LogP contribution is -2.25. The molecule has 2 aliphatic heterocycles. The van der Waals surface area contributed by atoms with Crippen LogP contribution >= 0.6 is 11.3 Å². The second-order valence-corrected chi connectivity index (χ2v) is 5.79. The van der Waals surface area contributed by atoms with Crippen molar-refractivity contribution in [3.05, 3.63) is 22.0 Å². The first-order valence-corrected chi connectivity index (χ1v) is 6.85. The molecule has 0 amide bonds. The predicted molar refractivity (Wildman–Crippen MR) is 66.8 cm³/mol. The van der Waals surface area contributed by atoms with Gasteiger partial charge in [0.15, 0.2) is 5.69 Å². The highest BCUT2D eigenvalue weighted by Crippen LogP contribution is 2.28. The van der Waals surface area contributed by atoms with E-state index in [9.17, 15) is 9.59 Å². The maximum absolute atomic E-state index is 11.7. The monoisotopic (exact) mass is 291 g/mol. The van der Waals surface area contributed by atoms with Crippen LogP contribution in [-0.2, 0) is 17.7 Å². The number of hydrogen-bond acceptors (Lipinski definition) is 8. The summed E-state index contributed by atoms with van der Waals surface area (Å²) >= 11 is 1.45. The Labute approximate surface area is 117 Å². The van der Waals surface area contributed by atoms with Crippen molar-refractivity contribution in [1.82, 2.24) is 24.9 Å². The minimum atomic E-state index is -0.752. The molecule has 0 atom stereocenters. The third-order valence-electron chi connectivity index (χ3n) is 3.33. The van der Waals surface area contributed by atoms with Gasteiger partial charge >= 0.3 is 11.9 Å². The molecule has 2 aliphatic rings. The fourth-order valence-corrected chi connectivity index (χ4v) is 3.46. The number of carbonyl (C=O) groups is 2. The number of thiazole rings is 1. The van der Waals surface area contributed by atoms with E-state index < -0.39 is 11.9 Å². The minimum Gasteiger partial charge on any atom is -0.383 e. The third kappa shape index (κ3) is 1.53. The van der Waals surface area contributed by atoms with Gasteiger partial charge in [0.25, 0.3) is 0 Å². The SMILES string of the molecule is CN1CCc2nc(-n3nnc4c3C(=O)OC4=O)sc2C1. The summed E-state index contributed by atoms with van der Waals surface area (Å²) in [6.07, 6.45) is 0.864. The second-order valence-electron chi connectivity index (χ2n) is 4.73. The average molecular weight is 291 g/mol. The lowest BCUT2D eigenvalue weighted by Gasteiger charge is -2.20. The first kappa shape index (κ1) is 11.7. The average Bonchev–Trinajstić information content (AvgIpc) is 3.06. The molecular weight excluding hydrogens is 282 g/mol. The van der Waals surface area contributed by atoms with Gasteiger partial charge < -0.3 is 9.64 Å². The van der Waals surface area contributed by atoms with Crippen LogP contribution in [0.1, 0.15) is 31.5 Å². The van der Waals surface area contributed by atoms with E-state index in [1.54, 1.807) is 0 Å². The Bertz CT molecular complexity index is 749. The Morgan fingerprint density at radius 3 is 3.00 bits per heavy atom. The largest absolute Gasteiger partial charge is 0.383 e. The number of esters is 2. The molecule has 20 heavy (non-hydrogen) atoms. The van der Waals surface area contributed by atoms with Gasteiger partial charge in [0, 0.05) is 24.4 Å². The lowest BCUT2D eigenvalue weighted by molar-refractivity contribution is 0.0434. The summed E-state index contributed by atoms with van der Waals surface area (Å²) in [5.41, 5.74) is 1.04. The molecule has 2 aromatic rings. The molecular formula is C11H9N5O3S. The maximum Gasteiger partial charge on any atom is 0.369 e. The fraction of sp³-hybridized carbons (Fsp3) is 0.364. The summed E-state index contributed by atoms with van der Waals surface area (Å²) in [4.78, 5) is 30.9. The van der Waals surface area contributed by atoms with Gasteiger partial charge in [-0.3, -0.25) is 0 Å². The first-order valence-electron chi connectivity index (χ1n) is 6.03. The molecule has 0 saturated heterocycles. The van der Waals surface area contributed by atoms with Gasteiger partial charge in [-0.05, 0) is 7.05 Å². The quantitative estimate of drug-likeness (QED) is 0.540. The number of cyclic esters (lactones) is 2. The van der Waals surface area contributed by atoms with Crippen molar-refractivity contribution in [2.45, 2.75) is 13.0 Å². The van der Waals surface area contributed by atoms with Gasteiger partial charge in [-0.1, -0.05) is 16.6 Å². The normalized spacial score (nSPS) is 18.1. The first-order chi connectivity index (χ1) is 9.63. The van der Waals surface area contributed by atoms with E-state index in [0.717, 1.165) is 30.1 Å². The Balaban J connectivity index is 1.82. The molecule has 0 unspecified atom stereocenters. The van der Waals surface area contributed by atoms with E-state index in [0.29, 0.717) is 5.13 Å². The van der Waals surface area contributed by atoms with Gasteiger partial charge in [0.05, 0.1) is 5.69 Å². The molecule has 0 N–H and O–H groups in total. The number of ether oxygens (including phenoxy) is 1. The zero-order valence-electron chi connectivity index (χ0n) is 10.5. The van der Waals surface area contributed by atoms with E-state index in [1.165, 1.54) is 16.0 Å². The highest BCUT2D eigenvalue weighted by atomic mass is 32.1. The number of carbonyl (C=O) groups excluding carboxylic acids is 2. The minimum absolute atomic E-state index is 0.0414. The highest BCUT2D eigenvalue weighted by molar-refractivity contribution is 7.14. The van der Waals surface area contributed by atoms with Crippen molar-refractivity contribution in [2.24, 2.45) is 0 Å². The van der Waals surface area contributed by atoms with Crippen LogP contribution in [0.25, 0.3) is 5.13 Å². The van der Waals surface area contributed by atoms with E-state index in [4.69, 9.17) is 0 Å². The zero-order chi connectivity index (χ0) is 13.9. The molecule has 8 nitrogen and oxygen atoms in total. The van der Waals surface area contributed by atoms with Crippen LogP contribution in [0, 0.1) is 0 Å². The molecule has 4 heterocycles. The Hall–Kier alpha value is -2.13. The Morgan fingerprint density at radius 1 is 1.30 bits per heavy atom. The van der Waals surface area contributed by atoms with Gasteiger partial charge in [-0.15, -0.1) is 5.10 Å². The molecule has 0 fully saturated rings. The summed E-state index contributed by atoms with van der Waals surface area (Å²) in [5, 5.41) is 8.10. The highest BCUT2D eigenvalue weighted by Gasteiger charge is 2.38. The second kappa shape index (κ2) is 3.93. The summed E-state index contributed by atoms with van der Waals surface area (Å²) in [6, 6.07) is 0. The fourth-order valence-electron chi connectivity index (χ4n) is 2.32. The Morgan fingerprint density at radius 2 is 2.15 bits per heavy atom. The Kier molecular flexibility index (Phi) is 2.30. The van der Waals surface area contributed by atoms with Gasteiger partial charge in [-0.25, -0.2) is 14.6 Å². The third-order valence-corrected chi connectivity index (χ3v) is 4.39. The summed E-state index contributed by atoms with van der Waals surface area (Å²) < 4.78 is 5.82. The smallest absolute Gasteiger partial charge is 0.369 e. The topological polar surface area (TPSA) is 90.2 Å². The van der Waals surface area contributed by atoms with E-state index in [2.05, 4.69) is 24.9 Å². The van der Waals surface area contributed by atoms with Crippen LogP contribution in [-0.4, -0.2) is 50.4 Å². The predicted octanol–water partition coefficient (Wildman–Crippen LogP) is 0.0223. The lowest BCUT2D eigenvalue weighted by atomic mass is 10.2. The van der Waals surface area contributed by atoms with Gasteiger partial charge in [-0.2, -0.15) is 4.68 Å². The molecule has 102 valence electrons. The van der Waals surface area contributed by atoms with Crippen molar-refractivity contribution in [1.29, 1.82) is 0 Å². The maximum atomic E-state index is 11.7. The molecule has 0 spiro atoms. The van der Waals surface area contributed by atoms with E-state index in [-0.39, 0.29) is 11.4 Å². The van der Waals surface area contributed by atoms with E-state index in [1.807, 2.05) is 7.05 Å². The number of rotatable bonds is 1. The number of likely N-dealkylation sites (N-methyl/N-ethyl adjacent to an activating group) is 1. The van der Waals surface area contributed by atoms with Crippen LogP contribution in [0.2, 0.25) is 0 Å². The van der Waals surface area contributed by atoms with Crippen LogP contribution in [0.4, 0.5) is 0 Å². The standard InChI is InChI=1S/C11H9N5O3S/c1-15-3-2-5-6(4-15)20-11(12-5)16-8-7(13-14-16)9(17)19-10(8)18/h2-4H2,1H3. The number of hydrogen-bond donors (Lipinski definition) is 0. The van der Waals surface area contributed by atoms with Crippen molar-refractivity contribution in [2.75, 3.05) is 13.6 Å². The zero-order valence-corrected chi connectivity index (χ0v) is 11.3. The number of aromatic nitrogens is 4. The van der Waals surface area contributed by atoms with Crippen LogP contribution in [0.3, 0.4) is 0 Å². The van der Waals surface area contributed by atoms with Gasteiger partial charge in [0.1, 0.15) is 0 Å². The number of fused-ring (bicyclic) bond motifs is 2. The van der Waals surface area contributed by atoms with E-state index >= 15 is 0 Å². The van der Waals surface area contributed by atoms with Crippen LogP contribution in [0.5, 0.6) is 0 Å². The molecule has 2 aromatic heterocycles. The summed E-state index contributed by atoms with van der Waals surface area (Å²) in [6.45, 7) is 1.78. The number of nitrogens with zero attached hydrogens (tertiary/aromatic N) is 5. The molecule has 0 saturated carbocycles. The van der Waals surface area contributed by atoms with Crippen LogP contribution in [0.15, 0.2) is 0 Å².